The molecule has 150 valence electrons. The fourth-order valence-electron chi connectivity index (χ4n) is 2.25. The first-order valence-electron chi connectivity index (χ1n) is 9.16. The van der Waals surface area contributed by atoms with Gasteiger partial charge in [-0.05, 0) is 25.7 Å². The molecule has 0 aromatic carbocycles. The molecule has 0 amide bonds. The summed E-state index contributed by atoms with van der Waals surface area (Å²) in [5, 5.41) is 17.0. The molecule has 0 atom stereocenters. The van der Waals surface area contributed by atoms with Crippen molar-refractivity contribution in [3.05, 3.63) is 0 Å². The number of carboxylic acid groups (broad SMARTS) is 2. The Hall–Kier alpha value is -2.12. The van der Waals surface area contributed by atoms with Crippen molar-refractivity contribution in [1.82, 2.24) is 0 Å². The lowest BCUT2D eigenvalue weighted by atomic mass is 10.1. The topological polar surface area (TPSA) is 127 Å². The monoisotopic (exact) mass is 374 g/mol. The summed E-state index contributed by atoms with van der Waals surface area (Å²) in [6.45, 7) is 0.0599. The number of aliphatic carboxylic acids is 2. The van der Waals surface area contributed by atoms with Gasteiger partial charge in [0.25, 0.3) is 0 Å². The van der Waals surface area contributed by atoms with E-state index in [0.717, 1.165) is 25.7 Å². The van der Waals surface area contributed by atoms with Crippen molar-refractivity contribution in [1.29, 1.82) is 0 Å². The Morgan fingerprint density at radius 3 is 1.12 bits per heavy atom. The summed E-state index contributed by atoms with van der Waals surface area (Å²) >= 11 is 0. The molecule has 0 unspecified atom stereocenters. The number of unbranched alkanes of at least 4 members (excludes halogenated alkanes) is 6. The van der Waals surface area contributed by atoms with Gasteiger partial charge in [-0.1, -0.05) is 25.7 Å². The molecule has 0 aliphatic heterocycles. The van der Waals surface area contributed by atoms with Crippen molar-refractivity contribution < 1.29 is 38.9 Å². The van der Waals surface area contributed by atoms with Crippen molar-refractivity contribution in [2.24, 2.45) is 0 Å². The van der Waals surface area contributed by atoms with Gasteiger partial charge >= 0.3 is 23.9 Å². The van der Waals surface area contributed by atoms with Crippen molar-refractivity contribution in [3.8, 4) is 0 Å². The summed E-state index contributed by atoms with van der Waals surface area (Å²) in [5.41, 5.74) is 0. The lowest BCUT2D eigenvalue weighted by molar-refractivity contribution is -0.152. The summed E-state index contributed by atoms with van der Waals surface area (Å²) in [5.74, 6) is -2.32. The SMILES string of the molecule is O=C(O)CCCCCCC(=O)OCCOC(=O)CCCCCCC(=O)O. The fraction of sp³-hybridized carbons (Fsp3) is 0.778. The van der Waals surface area contributed by atoms with Crippen LogP contribution < -0.4 is 0 Å². The van der Waals surface area contributed by atoms with Crippen LogP contribution in [0.1, 0.15) is 77.0 Å². The third kappa shape index (κ3) is 18.2. The van der Waals surface area contributed by atoms with Gasteiger partial charge in [-0.2, -0.15) is 0 Å². The second kappa shape index (κ2) is 16.4. The zero-order valence-corrected chi connectivity index (χ0v) is 15.2. The maximum absolute atomic E-state index is 11.5. The summed E-state index contributed by atoms with van der Waals surface area (Å²) in [6.07, 6.45) is 6.49. The van der Waals surface area contributed by atoms with Gasteiger partial charge in [0.2, 0.25) is 0 Å². The van der Waals surface area contributed by atoms with E-state index in [-0.39, 0.29) is 50.8 Å². The van der Waals surface area contributed by atoms with Crippen LogP contribution in [0.2, 0.25) is 0 Å². The van der Waals surface area contributed by atoms with E-state index in [1.54, 1.807) is 0 Å². The minimum absolute atomic E-state index is 0.0300. The Kier molecular flexibility index (Phi) is 15.0. The van der Waals surface area contributed by atoms with Crippen LogP contribution in [0.3, 0.4) is 0 Å². The highest BCUT2D eigenvalue weighted by atomic mass is 16.6. The Morgan fingerprint density at radius 1 is 0.500 bits per heavy atom. The number of carboxylic acids is 2. The number of carbonyl (C=O) groups is 4. The molecule has 0 bridgehead atoms. The van der Waals surface area contributed by atoms with Gasteiger partial charge in [-0.15, -0.1) is 0 Å². The largest absolute Gasteiger partial charge is 0.481 e. The van der Waals surface area contributed by atoms with Crippen LogP contribution >= 0.6 is 0 Å². The molecule has 0 aliphatic rings. The zero-order chi connectivity index (χ0) is 19.6. The Morgan fingerprint density at radius 2 is 0.808 bits per heavy atom. The quantitative estimate of drug-likeness (QED) is 0.294. The highest BCUT2D eigenvalue weighted by Gasteiger charge is 2.06. The Balaban J connectivity index is 3.38. The normalized spacial score (nSPS) is 10.3. The van der Waals surface area contributed by atoms with Gasteiger partial charge in [0, 0.05) is 25.7 Å². The summed E-state index contributed by atoms with van der Waals surface area (Å²) in [4.78, 5) is 43.6. The predicted octanol–water partition coefficient (Wildman–Crippen LogP) is 2.92. The minimum Gasteiger partial charge on any atom is -0.481 e. The van der Waals surface area contributed by atoms with Crippen LogP contribution in [-0.2, 0) is 28.7 Å². The van der Waals surface area contributed by atoms with Gasteiger partial charge in [-0.25, -0.2) is 0 Å². The third-order valence-corrected chi connectivity index (χ3v) is 3.65. The van der Waals surface area contributed by atoms with Crippen molar-refractivity contribution in [3.63, 3.8) is 0 Å². The molecule has 0 spiro atoms. The molecular formula is C18H30O8. The molecule has 8 heteroatoms. The van der Waals surface area contributed by atoms with E-state index in [1.807, 2.05) is 0 Å². The van der Waals surface area contributed by atoms with Crippen LogP contribution in [0.15, 0.2) is 0 Å². The number of carbonyl (C=O) groups excluding carboxylic acids is 2. The molecule has 0 aromatic rings. The summed E-state index contributed by atoms with van der Waals surface area (Å²) in [6, 6.07) is 0. The van der Waals surface area contributed by atoms with E-state index in [1.165, 1.54) is 0 Å². The lowest BCUT2D eigenvalue weighted by Gasteiger charge is -2.06. The number of ether oxygens (including phenoxy) is 2. The second-order valence-electron chi connectivity index (χ2n) is 6.06. The molecule has 0 saturated carbocycles. The molecule has 0 rings (SSSR count). The smallest absolute Gasteiger partial charge is 0.305 e. The number of rotatable bonds is 17. The molecule has 8 nitrogen and oxygen atoms in total. The van der Waals surface area contributed by atoms with E-state index in [2.05, 4.69) is 0 Å². The first-order chi connectivity index (χ1) is 12.4. The van der Waals surface area contributed by atoms with Crippen molar-refractivity contribution in [2.75, 3.05) is 13.2 Å². The van der Waals surface area contributed by atoms with E-state index in [4.69, 9.17) is 19.7 Å². The maximum Gasteiger partial charge on any atom is 0.305 e. The van der Waals surface area contributed by atoms with Gasteiger partial charge in [-0.3, -0.25) is 19.2 Å². The molecule has 26 heavy (non-hydrogen) atoms. The maximum atomic E-state index is 11.5. The van der Waals surface area contributed by atoms with Crippen LogP contribution in [-0.4, -0.2) is 47.3 Å². The Labute approximate surface area is 153 Å². The number of esters is 2. The predicted molar refractivity (Wildman–Crippen MR) is 92.6 cm³/mol. The van der Waals surface area contributed by atoms with Crippen molar-refractivity contribution in [2.45, 2.75) is 77.0 Å². The first-order valence-corrected chi connectivity index (χ1v) is 9.16. The van der Waals surface area contributed by atoms with Crippen LogP contribution in [0.4, 0.5) is 0 Å². The standard InChI is InChI=1S/C18H30O8/c19-15(20)9-5-1-3-7-11-17(23)25-13-14-26-18(24)12-8-4-2-6-10-16(21)22/h1-14H2,(H,19,20)(H,21,22). The zero-order valence-electron chi connectivity index (χ0n) is 15.2. The molecule has 0 heterocycles. The molecule has 0 radical (unpaired) electrons. The summed E-state index contributed by atoms with van der Waals surface area (Å²) in [7, 11) is 0. The summed E-state index contributed by atoms with van der Waals surface area (Å²) < 4.78 is 9.90. The average molecular weight is 374 g/mol. The highest BCUT2D eigenvalue weighted by Crippen LogP contribution is 2.07. The van der Waals surface area contributed by atoms with Gasteiger partial charge in [0.1, 0.15) is 13.2 Å². The number of hydrogen-bond donors (Lipinski definition) is 2. The fourth-order valence-corrected chi connectivity index (χ4v) is 2.25. The average Bonchev–Trinajstić information content (AvgIpc) is 2.57. The van der Waals surface area contributed by atoms with E-state index in [9.17, 15) is 19.2 Å². The first kappa shape index (κ1) is 23.9. The highest BCUT2D eigenvalue weighted by molar-refractivity contribution is 5.70. The minimum atomic E-state index is -0.808. The van der Waals surface area contributed by atoms with E-state index >= 15 is 0 Å². The third-order valence-electron chi connectivity index (χ3n) is 3.65. The van der Waals surface area contributed by atoms with Crippen LogP contribution in [0.25, 0.3) is 0 Å². The van der Waals surface area contributed by atoms with Gasteiger partial charge in [0.05, 0.1) is 0 Å². The van der Waals surface area contributed by atoms with Crippen LogP contribution in [0, 0.1) is 0 Å². The Bertz CT molecular complexity index is 393. The molecule has 0 saturated heterocycles. The van der Waals surface area contributed by atoms with Crippen molar-refractivity contribution >= 4 is 23.9 Å². The van der Waals surface area contributed by atoms with E-state index in [0.29, 0.717) is 25.7 Å². The molecule has 0 aliphatic carbocycles. The molecule has 0 fully saturated rings. The molecular weight excluding hydrogens is 344 g/mol. The lowest BCUT2D eigenvalue weighted by Crippen LogP contribution is -2.13. The second-order valence-corrected chi connectivity index (χ2v) is 6.06. The van der Waals surface area contributed by atoms with Gasteiger partial charge < -0.3 is 19.7 Å². The van der Waals surface area contributed by atoms with E-state index < -0.39 is 11.9 Å². The molecule has 2 N–H and O–H groups in total. The number of hydrogen-bond acceptors (Lipinski definition) is 6. The van der Waals surface area contributed by atoms with Crippen LogP contribution in [0.5, 0.6) is 0 Å². The van der Waals surface area contributed by atoms with Gasteiger partial charge in [0.15, 0.2) is 0 Å². The molecule has 0 aromatic heterocycles.